The van der Waals surface area contributed by atoms with E-state index in [2.05, 4.69) is 33.0 Å². The Bertz CT molecular complexity index is 955. The van der Waals surface area contributed by atoms with Gasteiger partial charge in [-0.3, -0.25) is 0 Å². The smallest absolute Gasteiger partial charge is 0.368 e. The highest BCUT2D eigenvalue weighted by Gasteiger charge is 2.17. The normalized spacial score (nSPS) is 11.1. The first kappa shape index (κ1) is 17.5. The van der Waals surface area contributed by atoms with E-state index in [0.29, 0.717) is 11.3 Å². The van der Waals surface area contributed by atoms with Crippen molar-refractivity contribution in [3.05, 3.63) is 67.6 Å². The van der Waals surface area contributed by atoms with E-state index in [1.165, 1.54) is 25.2 Å². The highest BCUT2D eigenvalue weighted by molar-refractivity contribution is 14.1. The van der Waals surface area contributed by atoms with Crippen molar-refractivity contribution in [1.82, 2.24) is 19.8 Å². The Morgan fingerprint density at radius 1 is 1.16 bits per heavy atom. The van der Waals surface area contributed by atoms with Crippen LogP contribution in [0, 0.1) is 3.57 Å². The number of aryl methyl sites for hydroxylation is 1. The van der Waals surface area contributed by atoms with Crippen LogP contribution in [0.15, 0.2) is 47.3 Å². The van der Waals surface area contributed by atoms with Gasteiger partial charge in [0.25, 0.3) is 6.43 Å². The molecule has 1 aromatic heterocycles. The first-order valence-corrected chi connectivity index (χ1v) is 8.33. The largest absolute Gasteiger partial charge is 0.488 e. The number of hydrogen-bond donors (Lipinski definition) is 0. The molecule has 3 aromatic rings. The lowest BCUT2D eigenvalue weighted by Crippen LogP contribution is -2.23. The SMILES string of the molecule is Cn1nnn(-c2cccc(I)c2COc2ccccc2C(F)F)c1=O. The molecule has 6 nitrogen and oxygen atoms in total. The van der Waals surface area contributed by atoms with Crippen molar-refractivity contribution in [2.75, 3.05) is 0 Å². The summed E-state index contributed by atoms with van der Waals surface area (Å²) in [5, 5.41) is 7.52. The van der Waals surface area contributed by atoms with Gasteiger partial charge in [-0.1, -0.05) is 18.2 Å². The van der Waals surface area contributed by atoms with Gasteiger partial charge in [0.1, 0.15) is 12.4 Å². The molecule has 0 aliphatic rings. The second kappa shape index (κ2) is 7.30. The predicted molar refractivity (Wildman–Crippen MR) is 95.0 cm³/mol. The van der Waals surface area contributed by atoms with Gasteiger partial charge in [-0.2, -0.15) is 9.36 Å². The highest BCUT2D eigenvalue weighted by Crippen LogP contribution is 2.30. The van der Waals surface area contributed by atoms with Crippen LogP contribution in [0.4, 0.5) is 8.78 Å². The molecule has 2 aromatic carbocycles. The minimum atomic E-state index is -2.63. The van der Waals surface area contributed by atoms with Crippen LogP contribution < -0.4 is 10.4 Å². The van der Waals surface area contributed by atoms with Gasteiger partial charge >= 0.3 is 5.69 Å². The Balaban J connectivity index is 1.97. The van der Waals surface area contributed by atoms with Crippen LogP contribution in [0.25, 0.3) is 5.69 Å². The topological polar surface area (TPSA) is 61.9 Å². The van der Waals surface area contributed by atoms with Gasteiger partial charge in [0, 0.05) is 16.2 Å². The fourth-order valence-corrected chi connectivity index (χ4v) is 2.94. The van der Waals surface area contributed by atoms with E-state index < -0.39 is 12.1 Å². The molecule has 0 aliphatic carbocycles. The molecule has 0 saturated carbocycles. The zero-order valence-corrected chi connectivity index (χ0v) is 15.2. The third-order valence-corrected chi connectivity index (χ3v) is 4.58. The maximum absolute atomic E-state index is 13.1. The van der Waals surface area contributed by atoms with E-state index in [1.807, 2.05) is 6.07 Å². The van der Waals surface area contributed by atoms with E-state index in [1.54, 1.807) is 18.2 Å². The van der Waals surface area contributed by atoms with Crippen LogP contribution in [-0.4, -0.2) is 19.8 Å². The minimum Gasteiger partial charge on any atom is -0.488 e. The molecule has 0 bridgehead atoms. The van der Waals surface area contributed by atoms with E-state index in [4.69, 9.17) is 4.74 Å². The molecule has 9 heteroatoms. The first-order chi connectivity index (χ1) is 12.0. The first-order valence-electron chi connectivity index (χ1n) is 7.25. The average Bonchev–Trinajstić information content (AvgIpc) is 2.93. The molecule has 0 saturated heterocycles. The number of nitrogens with zero attached hydrogens (tertiary/aromatic N) is 4. The van der Waals surface area contributed by atoms with Gasteiger partial charge in [-0.15, -0.1) is 0 Å². The molecule has 0 atom stereocenters. The van der Waals surface area contributed by atoms with Crippen molar-refractivity contribution in [2.45, 2.75) is 13.0 Å². The van der Waals surface area contributed by atoms with Crippen LogP contribution in [0.3, 0.4) is 0 Å². The monoisotopic (exact) mass is 458 g/mol. The number of hydrogen-bond acceptors (Lipinski definition) is 4. The number of alkyl halides is 2. The van der Waals surface area contributed by atoms with Gasteiger partial charge in [-0.05, 0) is 57.3 Å². The number of ether oxygens (including phenoxy) is 1. The summed E-state index contributed by atoms with van der Waals surface area (Å²) in [5.41, 5.74) is 0.581. The lowest BCUT2D eigenvalue weighted by molar-refractivity contribution is 0.144. The summed E-state index contributed by atoms with van der Waals surface area (Å²) in [6.07, 6.45) is -2.63. The Labute approximate surface area is 155 Å². The van der Waals surface area contributed by atoms with Crippen molar-refractivity contribution in [3.63, 3.8) is 0 Å². The standard InChI is InChI=1S/C16H13F2IN4O2/c1-22-16(24)23(21-20-22)13-7-4-6-12(19)11(13)9-25-14-8-3-2-5-10(14)15(17)18/h2-8,15H,9H2,1H3. The van der Waals surface area contributed by atoms with Gasteiger partial charge in [0.2, 0.25) is 0 Å². The molecule has 0 unspecified atom stereocenters. The summed E-state index contributed by atoms with van der Waals surface area (Å²) in [6, 6.07) is 11.3. The number of aromatic nitrogens is 4. The lowest BCUT2D eigenvalue weighted by atomic mass is 10.2. The van der Waals surface area contributed by atoms with Crippen molar-refractivity contribution in [1.29, 1.82) is 0 Å². The second-order valence-corrected chi connectivity index (χ2v) is 6.32. The van der Waals surface area contributed by atoms with Crippen LogP contribution in [0.2, 0.25) is 0 Å². The second-order valence-electron chi connectivity index (χ2n) is 5.16. The van der Waals surface area contributed by atoms with Crippen LogP contribution in [0.1, 0.15) is 17.6 Å². The minimum absolute atomic E-state index is 0.0151. The maximum Gasteiger partial charge on any atom is 0.368 e. The number of benzene rings is 2. The van der Waals surface area contributed by atoms with E-state index >= 15 is 0 Å². The lowest BCUT2D eigenvalue weighted by Gasteiger charge is -2.14. The number of halogens is 3. The molecule has 0 N–H and O–H groups in total. The molecule has 0 spiro atoms. The highest BCUT2D eigenvalue weighted by atomic mass is 127. The number of tetrazole rings is 1. The molecule has 0 amide bonds. The summed E-state index contributed by atoms with van der Waals surface area (Å²) in [7, 11) is 1.49. The number of rotatable bonds is 5. The molecule has 0 fully saturated rings. The van der Waals surface area contributed by atoms with Gasteiger partial charge < -0.3 is 4.74 Å². The quantitative estimate of drug-likeness (QED) is 0.552. The van der Waals surface area contributed by atoms with Crippen LogP contribution in [-0.2, 0) is 13.7 Å². The van der Waals surface area contributed by atoms with Gasteiger partial charge in [-0.25, -0.2) is 13.6 Å². The summed E-state index contributed by atoms with van der Waals surface area (Å²) < 4.78 is 34.9. The summed E-state index contributed by atoms with van der Waals surface area (Å²) in [5.74, 6) is 0.106. The predicted octanol–water partition coefficient (Wildman–Crippen LogP) is 3.09. The summed E-state index contributed by atoms with van der Waals surface area (Å²) in [4.78, 5) is 12.1. The fraction of sp³-hybridized carbons (Fsp3) is 0.188. The zero-order chi connectivity index (χ0) is 18.0. The molecular formula is C16H13F2IN4O2. The molecule has 0 radical (unpaired) electrons. The molecule has 25 heavy (non-hydrogen) atoms. The fourth-order valence-electron chi connectivity index (χ4n) is 2.30. The third-order valence-electron chi connectivity index (χ3n) is 3.57. The summed E-state index contributed by atoms with van der Waals surface area (Å²) >= 11 is 2.10. The van der Waals surface area contributed by atoms with E-state index in [-0.39, 0.29) is 17.9 Å². The van der Waals surface area contributed by atoms with Gasteiger partial charge in [0.05, 0.1) is 11.3 Å². The van der Waals surface area contributed by atoms with Crippen molar-refractivity contribution < 1.29 is 13.5 Å². The molecule has 130 valence electrons. The number of para-hydroxylation sites is 1. The Morgan fingerprint density at radius 3 is 2.60 bits per heavy atom. The average molecular weight is 458 g/mol. The Kier molecular flexibility index (Phi) is 5.11. The molecule has 0 aliphatic heterocycles. The molecular weight excluding hydrogens is 445 g/mol. The van der Waals surface area contributed by atoms with Crippen LogP contribution >= 0.6 is 22.6 Å². The Hall–Kier alpha value is -2.30. The third kappa shape index (κ3) is 3.55. The molecule has 1 heterocycles. The van der Waals surface area contributed by atoms with Crippen molar-refractivity contribution in [3.8, 4) is 11.4 Å². The molecule has 3 rings (SSSR count). The van der Waals surface area contributed by atoms with Crippen molar-refractivity contribution in [2.24, 2.45) is 7.05 Å². The maximum atomic E-state index is 13.1. The van der Waals surface area contributed by atoms with Gasteiger partial charge in [0.15, 0.2) is 0 Å². The van der Waals surface area contributed by atoms with Crippen LogP contribution in [0.5, 0.6) is 5.75 Å². The zero-order valence-electron chi connectivity index (χ0n) is 13.1. The van der Waals surface area contributed by atoms with E-state index in [0.717, 1.165) is 12.9 Å². The summed E-state index contributed by atoms with van der Waals surface area (Å²) in [6.45, 7) is 0.0151. The Morgan fingerprint density at radius 2 is 1.92 bits per heavy atom. The van der Waals surface area contributed by atoms with E-state index in [9.17, 15) is 13.6 Å². The van der Waals surface area contributed by atoms with Crippen molar-refractivity contribution >= 4 is 22.6 Å².